The highest BCUT2D eigenvalue weighted by molar-refractivity contribution is 14.1. The lowest BCUT2D eigenvalue weighted by Crippen LogP contribution is -2.31. The molecule has 0 N–H and O–H groups in total. The Hall–Kier alpha value is -0.0731. The zero-order valence-corrected chi connectivity index (χ0v) is 15.4. The Bertz CT molecular complexity index is 352. The maximum atomic E-state index is 6.01. The molecule has 108 valence electrons. The van der Waals surface area contributed by atoms with E-state index < -0.39 is 8.32 Å². The van der Waals surface area contributed by atoms with Crippen LogP contribution in [0, 0.1) is 0 Å². The van der Waals surface area contributed by atoms with Gasteiger partial charge in [-0.15, -0.1) is 0 Å². The summed E-state index contributed by atoms with van der Waals surface area (Å²) in [7, 11) is -1.46. The largest absolute Gasteiger partial charge is 0.491 e. The molecule has 0 unspecified atom stereocenters. The Kier molecular flexibility index (Phi) is 8.02. The van der Waals surface area contributed by atoms with Gasteiger partial charge in [0.25, 0.3) is 0 Å². The number of hydrogen-bond acceptors (Lipinski definition) is 2. The number of hydrogen-bond donors (Lipinski definition) is 0. The average Bonchev–Trinajstić information content (AvgIpc) is 2.42. The average molecular weight is 392 g/mol. The molecule has 0 spiro atoms. The Morgan fingerprint density at radius 2 is 1.79 bits per heavy atom. The molecule has 0 aliphatic carbocycles. The summed E-state index contributed by atoms with van der Waals surface area (Å²) in [6.45, 7) is 8.16. The van der Waals surface area contributed by atoms with Gasteiger partial charge in [0.15, 0.2) is 8.32 Å². The first-order valence-electron chi connectivity index (χ1n) is 6.99. The normalized spacial score (nSPS) is 11.6. The summed E-state index contributed by atoms with van der Waals surface area (Å²) in [5.41, 5.74) is 1.33. The summed E-state index contributed by atoms with van der Waals surface area (Å²) in [6, 6.07) is 9.54. The van der Waals surface area contributed by atoms with Crippen LogP contribution in [0.25, 0.3) is 0 Å². The van der Waals surface area contributed by atoms with Crippen molar-refractivity contribution >= 4 is 30.9 Å². The number of rotatable bonds is 9. The van der Waals surface area contributed by atoms with Gasteiger partial charge in [0.1, 0.15) is 12.4 Å². The zero-order chi connectivity index (χ0) is 14.1. The lowest BCUT2D eigenvalue weighted by molar-refractivity contribution is 0.210. The maximum absolute atomic E-state index is 6.01. The van der Waals surface area contributed by atoms with Crippen molar-refractivity contribution in [1.82, 2.24) is 0 Å². The van der Waals surface area contributed by atoms with E-state index in [1.807, 2.05) is 12.1 Å². The Morgan fingerprint density at radius 3 is 2.37 bits per heavy atom. The molecule has 2 nitrogen and oxygen atoms in total. The van der Waals surface area contributed by atoms with Gasteiger partial charge in [-0.1, -0.05) is 54.5 Å². The lowest BCUT2D eigenvalue weighted by atomic mass is 10.2. The van der Waals surface area contributed by atoms with Crippen LogP contribution in [-0.4, -0.2) is 21.5 Å². The fourth-order valence-electron chi connectivity index (χ4n) is 1.83. The molecule has 1 rings (SSSR count). The standard InChI is InChI=1S/C15H25IO2Si/c1-4-5-12-19(2,3)18-11-10-17-15-8-6-14(13-16)7-9-15/h6-9H,4-5,10-13H2,1-3H3. The molecule has 0 fully saturated rings. The smallest absolute Gasteiger partial charge is 0.186 e. The first-order chi connectivity index (χ1) is 9.07. The summed E-state index contributed by atoms with van der Waals surface area (Å²) in [5.74, 6) is 0.935. The molecular weight excluding hydrogens is 367 g/mol. The second-order valence-electron chi connectivity index (χ2n) is 5.34. The lowest BCUT2D eigenvalue weighted by Gasteiger charge is -2.22. The van der Waals surface area contributed by atoms with E-state index in [-0.39, 0.29) is 0 Å². The molecule has 0 aromatic heterocycles. The van der Waals surface area contributed by atoms with Gasteiger partial charge >= 0.3 is 0 Å². The molecule has 0 saturated carbocycles. The third-order valence-corrected chi connectivity index (χ3v) is 6.48. The van der Waals surface area contributed by atoms with Crippen molar-refractivity contribution in [2.24, 2.45) is 0 Å². The predicted molar refractivity (Wildman–Crippen MR) is 92.8 cm³/mol. The highest BCUT2D eigenvalue weighted by Crippen LogP contribution is 2.16. The summed E-state index contributed by atoms with van der Waals surface area (Å²) in [4.78, 5) is 0. The summed E-state index contributed by atoms with van der Waals surface area (Å²) in [5, 5.41) is 0. The number of unbranched alkanes of at least 4 members (excludes halogenated alkanes) is 1. The van der Waals surface area contributed by atoms with Crippen LogP contribution in [0.4, 0.5) is 0 Å². The maximum Gasteiger partial charge on any atom is 0.186 e. The highest BCUT2D eigenvalue weighted by atomic mass is 127. The van der Waals surface area contributed by atoms with E-state index in [1.165, 1.54) is 24.4 Å². The first-order valence-corrected chi connectivity index (χ1v) is 11.6. The minimum Gasteiger partial charge on any atom is -0.491 e. The quantitative estimate of drug-likeness (QED) is 0.254. The van der Waals surface area contributed by atoms with Crippen molar-refractivity contribution in [1.29, 1.82) is 0 Å². The van der Waals surface area contributed by atoms with Crippen LogP contribution in [0.2, 0.25) is 19.1 Å². The van der Waals surface area contributed by atoms with Gasteiger partial charge in [-0.05, 0) is 36.8 Å². The number of halogens is 1. The van der Waals surface area contributed by atoms with Crippen LogP contribution in [0.1, 0.15) is 25.3 Å². The van der Waals surface area contributed by atoms with Gasteiger partial charge < -0.3 is 9.16 Å². The molecule has 19 heavy (non-hydrogen) atoms. The van der Waals surface area contributed by atoms with Crippen molar-refractivity contribution in [3.63, 3.8) is 0 Å². The van der Waals surface area contributed by atoms with E-state index in [1.54, 1.807) is 0 Å². The molecule has 0 heterocycles. The van der Waals surface area contributed by atoms with Gasteiger partial charge in [0, 0.05) is 4.43 Å². The monoisotopic (exact) mass is 392 g/mol. The van der Waals surface area contributed by atoms with Crippen molar-refractivity contribution in [2.75, 3.05) is 13.2 Å². The van der Waals surface area contributed by atoms with Crippen LogP contribution in [0.5, 0.6) is 5.75 Å². The minimum absolute atomic E-state index is 0.645. The van der Waals surface area contributed by atoms with Gasteiger partial charge in [-0.3, -0.25) is 0 Å². The van der Waals surface area contributed by atoms with Crippen LogP contribution in [0.15, 0.2) is 24.3 Å². The van der Waals surface area contributed by atoms with Gasteiger partial charge in [0.2, 0.25) is 0 Å². The molecule has 0 saturated heterocycles. The van der Waals surface area contributed by atoms with Crippen LogP contribution < -0.4 is 4.74 Å². The molecular formula is C15H25IO2Si. The minimum atomic E-state index is -1.46. The van der Waals surface area contributed by atoms with E-state index >= 15 is 0 Å². The molecule has 1 aromatic carbocycles. The second-order valence-corrected chi connectivity index (χ2v) is 10.4. The summed E-state index contributed by atoms with van der Waals surface area (Å²) >= 11 is 2.36. The summed E-state index contributed by atoms with van der Waals surface area (Å²) < 4.78 is 12.8. The second kappa shape index (κ2) is 8.97. The fraction of sp³-hybridized carbons (Fsp3) is 0.600. The van der Waals surface area contributed by atoms with E-state index in [2.05, 4.69) is 54.7 Å². The highest BCUT2D eigenvalue weighted by Gasteiger charge is 2.21. The van der Waals surface area contributed by atoms with E-state index in [4.69, 9.17) is 9.16 Å². The topological polar surface area (TPSA) is 18.5 Å². The molecule has 0 radical (unpaired) electrons. The molecule has 0 bridgehead atoms. The van der Waals surface area contributed by atoms with Crippen molar-refractivity contribution < 1.29 is 9.16 Å². The van der Waals surface area contributed by atoms with Gasteiger partial charge in [-0.2, -0.15) is 0 Å². The van der Waals surface area contributed by atoms with E-state index in [0.29, 0.717) is 13.2 Å². The third-order valence-electron chi connectivity index (χ3n) is 3.05. The van der Waals surface area contributed by atoms with Crippen LogP contribution in [-0.2, 0) is 8.85 Å². The molecule has 0 amide bonds. The van der Waals surface area contributed by atoms with Crippen molar-refractivity contribution in [2.45, 2.75) is 43.3 Å². The predicted octanol–water partition coefficient (Wildman–Crippen LogP) is 5.02. The van der Waals surface area contributed by atoms with Crippen LogP contribution >= 0.6 is 22.6 Å². The van der Waals surface area contributed by atoms with Gasteiger partial charge in [-0.25, -0.2) is 0 Å². The SMILES string of the molecule is CCCC[Si](C)(C)OCCOc1ccc(CI)cc1. The van der Waals surface area contributed by atoms with Gasteiger partial charge in [0.05, 0.1) is 6.61 Å². The zero-order valence-electron chi connectivity index (χ0n) is 12.2. The molecule has 0 aliphatic heterocycles. The van der Waals surface area contributed by atoms with Crippen LogP contribution in [0.3, 0.4) is 0 Å². The fourth-order valence-corrected chi connectivity index (χ4v) is 4.32. The Morgan fingerprint density at radius 1 is 1.11 bits per heavy atom. The third kappa shape index (κ3) is 7.32. The van der Waals surface area contributed by atoms with E-state index in [0.717, 1.165) is 10.2 Å². The molecule has 4 heteroatoms. The Labute approximate surface area is 132 Å². The Balaban J connectivity index is 2.22. The van der Waals surface area contributed by atoms with Crippen molar-refractivity contribution in [3.05, 3.63) is 29.8 Å². The van der Waals surface area contributed by atoms with E-state index in [9.17, 15) is 0 Å². The molecule has 1 aromatic rings. The van der Waals surface area contributed by atoms with Crippen molar-refractivity contribution in [3.8, 4) is 5.75 Å². The molecule has 0 atom stereocenters. The molecule has 0 aliphatic rings. The first kappa shape index (κ1) is 17.0. The number of alkyl halides is 1. The summed E-state index contributed by atoms with van der Waals surface area (Å²) in [6.07, 6.45) is 2.53. The number of ether oxygens (including phenoxy) is 1. The number of benzene rings is 1.